The predicted octanol–water partition coefficient (Wildman–Crippen LogP) is -9.51. The van der Waals surface area contributed by atoms with Crippen molar-refractivity contribution in [3.8, 4) is 5.75 Å². The van der Waals surface area contributed by atoms with E-state index in [1.807, 2.05) is 0 Å². The molecule has 0 aliphatic carbocycles. The maximum atomic E-state index is 14.1. The second-order valence-electron chi connectivity index (χ2n) is 26.0. The van der Waals surface area contributed by atoms with Crippen LogP contribution < -0.4 is 58.6 Å². The Bertz CT molecular complexity index is 3480. The monoisotopic (exact) mass is 1450 g/mol. The molecule has 3 aromatic rings. The minimum absolute atomic E-state index is 0.0138. The number of carbonyl (C=O) groups excluding carboxylic acids is 11. The fourth-order valence-corrected chi connectivity index (χ4v) is 9.61. The normalized spacial score (nSPS) is 15.9. The summed E-state index contributed by atoms with van der Waals surface area (Å²) in [5.74, 6) is -15.7. The number of benzene rings is 1. The van der Waals surface area contributed by atoms with Gasteiger partial charge in [0, 0.05) is 46.7 Å². The minimum Gasteiger partial charge on any atom is -0.503 e. The molecule has 0 saturated carbocycles. The molecule has 568 valence electrons. The van der Waals surface area contributed by atoms with Crippen molar-refractivity contribution in [3.63, 3.8) is 0 Å². The van der Waals surface area contributed by atoms with Crippen molar-refractivity contribution in [2.24, 2.45) is 12.5 Å². The van der Waals surface area contributed by atoms with Gasteiger partial charge in [-0.15, -0.1) is 0 Å². The van der Waals surface area contributed by atoms with Gasteiger partial charge >= 0.3 is 5.97 Å². The molecule has 11 amide bonds. The number of methoxy groups -OCH3 is 1. The summed E-state index contributed by atoms with van der Waals surface area (Å²) < 4.78 is 6.96. The van der Waals surface area contributed by atoms with Gasteiger partial charge < -0.3 is 129 Å². The molecule has 0 aliphatic rings. The Hall–Kier alpha value is -9.78. The van der Waals surface area contributed by atoms with E-state index in [1.165, 1.54) is 44.9 Å². The van der Waals surface area contributed by atoms with Gasteiger partial charge in [0.05, 0.1) is 73.7 Å². The number of likely N-dealkylation sites (N-methyl/N-ethyl adjacent to an activating group) is 1. The first-order chi connectivity index (χ1) is 47.3. The number of aliphatic hydroxyl groups is 9. The van der Waals surface area contributed by atoms with Crippen molar-refractivity contribution in [1.82, 2.24) is 72.3 Å². The second kappa shape index (κ2) is 38.3. The molecule has 0 fully saturated rings. The van der Waals surface area contributed by atoms with Crippen molar-refractivity contribution < 1.29 is 124 Å². The van der Waals surface area contributed by atoms with Crippen LogP contribution in [-0.4, -0.2) is 282 Å². The first-order valence-corrected chi connectivity index (χ1v) is 31.5. The van der Waals surface area contributed by atoms with Crippen LogP contribution in [0.15, 0.2) is 59.9 Å². The third-order valence-corrected chi connectivity index (χ3v) is 15.7. The van der Waals surface area contributed by atoms with Gasteiger partial charge in [-0.05, 0) is 52.0 Å². The number of carboxylic acid groups (broad SMARTS) is 1. The molecule has 2 aromatic heterocycles. The summed E-state index contributed by atoms with van der Waals surface area (Å²) in [4.78, 5) is 178. The van der Waals surface area contributed by atoms with E-state index in [0.717, 1.165) is 59.7 Å². The molecule has 102 heavy (non-hydrogen) atoms. The molecule has 0 unspecified atom stereocenters. The summed E-state index contributed by atoms with van der Waals surface area (Å²) in [6, 6.07) is -6.23. The van der Waals surface area contributed by atoms with Crippen LogP contribution in [0.5, 0.6) is 5.75 Å². The average Bonchev–Trinajstić information content (AvgIpc) is 1.23. The van der Waals surface area contributed by atoms with Gasteiger partial charge in [0.15, 0.2) is 18.0 Å². The number of nitrogens with one attached hydrogen (secondary N) is 10. The number of aliphatic carboxylic acids is 1. The Morgan fingerprint density at radius 3 is 1.70 bits per heavy atom. The predicted molar refractivity (Wildman–Crippen MR) is 349 cm³/mol. The molecular formula is C62H94N14O26. The fraction of sp³-hybridized carbons (Fsp3) is 0.581. The highest BCUT2D eigenvalue weighted by Crippen LogP contribution is 2.23. The number of pyridine rings is 1. The number of aromatic nitrogens is 3. The molecule has 14 atom stereocenters. The highest BCUT2D eigenvalue weighted by atomic mass is 16.5. The Kier molecular flexibility index (Phi) is 32.5. The Morgan fingerprint density at radius 2 is 1.19 bits per heavy atom. The molecular weight excluding hydrogens is 1360 g/mol. The van der Waals surface area contributed by atoms with Crippen LogP contribution >= 0.6 is 0 Å². The second-order valence-corrected chi connectivity index (χ2v) is 26.0. The summed E-state index contributed by atoms with van der Waals surface area (Å²) in [5, 5.41) is 148. The molecule has 0 spiro atoms. The molecule has 3 rings (SSSR count). The number of amides is 11. The zero-order valence-electron chi connectivity index (χ0n) is 57.8. The van der Waals surface area contributed by atoms with Gasteiger partial charge in [-0.2, -0.15) is 4.73 Å². The van der Waals surface area contributed by atoms with Crippen LogP contribution in [0.2, 0.25) is 0 Å². The van der Waals surface area contributed by atoms with E-state index in [-0.39, 0.29) is 17.8 Å². The van der Waals surface area contributed by atoms with Gasteiger partial charge in [0.2, 0.25) is 58.6 Å². The molecule has 0 radical (unpaired) electrons. The summed E-state index contributed by atoms with van der Waals surface area (Å²) in [6.45, 7) is 5.01. The SMILES string of the molecule is CO[C@@H](CNC(=O)[C@H](NC(=O)[C@H](O)[C@H](C)O)[C@H](O)c1cncn1C)[C@H](O)[C@H](O)C(=O)N(C)[C@@H](Cc1ccccc1)C(=O)NCC(=O)N[C@H](C(=O)N[C@@H](CO)C(=O)N[C@H](C(=O)N[C@H](C(=O)N[C@@H](CO)C(=O)N[C@@H](CCC(=O)NCc1cc(=O)c(O)cn1O)C(=O)O)C(C)(C)C)C(C)(C)O)C(C)(C)O. The Morgan fingerprint density at radius 1 is 0.657 bits per heavy atom. The van der Waals surface area contributed by atoms with Crippen LogP contribution in [0.25, 0.3) is 0 Å². The number of hydrogen-bond acceptors (Lipinski definition) is 26. The number of rotatable bonds is 39. The van der Waals surface area contributed by atoms with Crippen molar-refractivity contribution in [2.45, 2.75) is 177 Å². The van der Waals surface area contributed by atoms with E-state index in [1.54, 1.807) is 30.3 Å². The van der Waals surface area contributed by atoms with Crippen LogP contribution in [0.4, 0.5) is 0 Å². The number of aryl methyl sites for hydroxylation is 1. The molecule has 22 N–H and O–H groups in total. The van der Waals surface area contributed by atoms with Crippen LogP contribution in [0.3, 0.4) is 0 Å². The molecule has 1 aromatic carbocycles. The van der Waals surface area contributed by atoms with Gasteiger partial charge in [-0.25, -0.2) is 9.78 Å². The molecule has 0 saturated heterocycles. The number of carboxylic acids is 1. The number of ether oxygens (including phenoxy) is 1. The summed E-state index contributed by atoms with van der Waals surface area (Å²) in [7, 11) is 3.56. The first kappa shape index (κ1) is 86.4. The van der Waals surface area contributed by atoms with Gasteiger partial charge in [0.1, 0.15) is 66.6 Å². The molecule has 2 heterocycles. The Labute approximate surface area is 583 Å². The van der Waals surface area contributed by atoms with Crippen LogP contribution in [0.1, 0.15) is 91.3 Å². The minimum atomic E-state index is -2.41. The maximum Gasteiger partial charge on any atom is 0.326 e. The van der Waals surface area contributed by atoms with E-state index in [9.17, 15) is 124 Å². The largest absolute Gasteiger partial charge is 0.503 e. The number of carbonyl (C=O) groups is 12. The fourth-order valence-electron chi connectivity index (χ4n) is 9.61. The lowest BCUT2D eigenvalue weighted by Crippen LogP contribution is -2.66. The van der Waals surface area contributed by atoms with Gasteiger partial charge in [-0.1, -0.05) is 51.1 Å². The van der Waals surface area contributed by atoms with Crippen LogP contribution in [-0.2, 0) is 82.3 Å². The van der Waals surface area contributed by atoms with Gasteiger partial charge in [-0.3, -0.25) is 57.5 Å². The standard InChI is InChI=1S/C62H94N14O26/c1-29(79)43(84)54(92)71-42(44(85)36-22-63-28-74(36)9)53(91)65-23-39(102-11)45(86)46(87)58(96)75(10)35(19-30-15-13-12-14-16-30)52(90)66-24-41(83)70-48(61(5,6)99)56(94)69-34(27-78)51(89)73-49(62(7,8)100)57(95)72-47(60(2,3)4)55(93)68-33(26-77)50(88)67-32(59(97)98)17-18-40(82)64-21-31-20-37(80)38(81)25-76(31)101/h12-16,20,22,25,28-29,32-35,39,42-49,77-79,81,84-87,99-101H,17-19,21,23-24,26-27H2,1-11H3,(H,64,82)(H,65,91)(H,66,90)(H,67,88)(H,68,93)(H,69,94)(H,70,83)(H,71,92)(H,72,95)(H,73,89)(H,97,98)/t29-,32-,33-,34-,35-,39-,42+,43+,44+,45-,46-,47+,48+,49+/m0/s1. The van der Waals surface area contributed by atoms with Crippen molar-refractivity contribution in [3.05, 3.63) is 82.3 Å². The summed E-state index contributed by atoms with van der Waals surface area (Å²) in [6.07, 6.45) is -9.99. The third-order valence-electron chi connectivity index (χ3n) is 15.7. The highest BCUT2D eigenvalue weighted by Gasteiger charge is 2.44. The van der Waals surface area contributed by atoms with Crippen LogP contribution in [0, 0.1) is 5.41 Å². The average molecular weight is 1450 g/mol. The molecule has 40 heteroatoms. The van der Waals surface area contributed by atoms with E-state index in [2.05, 4.69) is 58.2 Å². The maximum absolute atomic E-state index is 14.1. The number of nitrogens with zero attached hydrogens (tertiary/aromatic N) is 4. The number of imidazole rings is 1. The smallest absolute Gasteiger partial charge is 0.326 e. The zero-order chi connectivity index (χ0) is 77.6. The van der Waals surface area contributed by atoms with Crippen molar-refractivity contribution in [1.29, 1.82) is 0 Å². The number of aliphatic hydroxyl groups excluding tert-OH is 7. The Balaban J connectivity index is 1.74. The van der Waals surface area contributed by atoms with E-state index < -0.39 is 229 Å². The summed E-state index contributed by atoms with van der Waals surface area (Å²) in [5.41, 5.74) is -6.35. The third kappa shape index (κ3) is 25.4. The lowest BCUT2D eigenvalue weighted by atomic mass is 9.85. The van der Waals surface area contributed by atoms with E-state index >= 15 is 0 Å². The van der Waals surface area contributed by atoms with E-state index in [0.29, 0.717) is 16.5 Å². The van der Waals surface area contributed by atoms with Crippen molar-refractivity contribution in [2.75, 3.05) is 40.5 Å². The quantitative estimate of drug-likeness (QED) is 0.0236. The van der Waals surface area contributed by atoms with Gasteiger partial charge in [0.25, 0.3) is 11.8 Å². The van der Waals surface area contributed by atoms with E-state index in [4.69, 9.17) is 4.74 Å². The highest BCUT2D eigenvalue weighted by molar-refractivity contribution is 5.99. The number of hydrogen-bond donors (Lipinski definition) is 22. The lowest BCUT2D eigenvalue weighted by Gasteiger charge is -2.36. The lowest BCUT2D eigenvalue weighted by molar-refractivity contribution is -0.156. The molecule has 0 bridgehead atoms. The molecule has 40 nitrogen and oxygen atoms in total. The zero-order valence-corrected chi connectivity index (χ0v) is 57.8. The summed E-state index contributed by atoms with van der Waals surface area (Å²) >= 11 is 0. The van der Waals surface area contributed by atoms with Crippen molar-refractivity contribution >= 4 is 70.9 Å². The topological polar surface area (TPSA) is 620 Å². The molecule has 0 aliphatic heterocycles. The first-order valence-electron chi connectivity index (χ1n) is 31.5. The number of aromatic hydroxyl groups is 1.